The Balaban J connectivity index is 0.00000192. The van der Waals surface area contributed by atoms with Gasteiger partial charge >= 0.3 is 0 Å². The number of nitrogens with one attached hydrogen (secondary N) is 2. The molecule has 0 spiro atoms. The molecule has 1 heterocycles. The lowest BCUT2D eigenvalue weighted by molar-refractivity contribution is 0.293. The number of aromatic nitrogens is 1. The maximum Gasteiger partial charge on any atom is 0.0745 e. The summed E-state index contributed by atoms with van der Waals surface area (Å²) in [5.74, 6) is 0. The van der Waals surface area contributed by atoms with Crippen molar-refractivity contribution in [1.29, 1.82) is 0 Å². The van der Waals surface area contributed by atoms with Crippen LogP contribution in [-0.4, -0.2) is 36.3 Å². The number of hydrogen-bond acceptors (Lipinski definition) is 4. The lowest BCUT2D eigenvalue weighted by Crippen LogP contribution is -2.25. The van der Waals surface area contributed by atoms with Crippen molar-refractivity contribution in [2.75, 3.05) is 31.6 Å². The molecule has 3 aromatic rings. The molecule has 0 saturated heterocycles. The van der Waals surface area contributed by atoms with Crippen LogP contribution in [0.4, 0.5) is 5.69 Å². The Morgan fingerprint density at radius 1 is 0.957 bits per heavy atom. The lowest BCUT2D eigenvalue weighted by Gasteiger charge is -2.13. The number of nitrogens with zero attached hydrogens (tertiary/aromatic N) is 1. The fourth-order valence-corrected chi connectivity index (χ4v) is 2.70. The van der Waals surface area contributed by atoms with E-state index in [0.717, 1.165) is 40.6 Å². The van der Waals surface area contributed by atoms with Crippen LogP contribution in [0.5, 0.6) is 0 Å². The van der Waals surface area contributed by atoms with Gasteiger partial charge in [0, 0.05) is 35.4 Å². The molecule has 0 saturated carbocycles. The monoisotopic (exact) mass is 351 g/mol. The molecular formula is C17H19Cl2N3O. The van der Waals surface area contributed by atoms with E-state index in [4.69, 9.17) is 16.7 Å². The maximum absolute atomic E-state index is 8.79. The Kier molecular flexibility index (Phi) is 6.42. The molecule has 4 nitrogen and oxygen atoms in total. The van der Waals surface area contributed by atoms with Crippen LogP contribution in [0.2, 0.25) is 5.02 Å². The van der Waals surface area contributed by atoms with Crippen molar-refractivity contribution in [3.63, 3.8) is 0 Å². The summed E-state index contributed by atoms with van der Waals surface area (Å²) in [5.41, 5.74) is 2.91. The Hall–Kier alpha value is -1.59. The average molecular weight is 352 g/mol. The van der Waals surface area contributed by atoms with Gasteiger partial charge in [-0.3, -0.25) is 0 Å². The van der Waals surface area contributed by atoms with Gasteiger partial charge in [0.15, 0.2) is 0 Å². The summed E-state index contributed by atoms with van der Waals surface area (Å²) in [5, 5.41) is 18.3. The number of halogens is 2. The third-order valence-corrected chi connectivity index (χ3v) is 3.77. The van der Waals surface area contributed by atoms with E-state index < -0.39 is 0 Å². The summed E-state index contributed by atoms with van der Waals surface area (Å²) >= 11 is 6.09. The highest BCUT2D eigenvalue weighted by Gasteiger charge is 2.08. The lowest BCUT2D eigenvalue weighted by atomic mass is 10.1. The van der Waals surface area contributed by atoms with Gasteiger partial charge in [-0.25, -0.2) is 4.98 Å². The summed E-state index contributed by atoms with van der Waals surface area (Å²) in [7, 11) is 0. The van der Waals surface area contributed by atoms with Crippen LogP contribution >= 0.6 is 24.0 Å². The van der Waals surface area contributed by atoms with Gasteiger partial charge < -0.3 is 15.7 Å². The van der Waals surface area contributed by atoms with Crippen molar-refractivity contribution in [2.24, 2.45) is 0 Å². The average Bonchev–Trinajstić information content (AvgIpc) is 2.53. The summed E-state index contributed by atoms with van der Waals surface area (Å²) in [6.07, 6.45) is 0. The van der Waals surface area contributed by atoms with E-state index in [1.54, 1.807) is 0 Å². The summed E-state index contributed by atoms with van der Waals surface area (Å²) in [6, 6.07) is 13.8. The van der Waals surface area contributed by atoms with Gasteiger partial charge in [-0.05, 0) is 24.3 Å². The first-order chi connectivity index (χ1) is 10.8. The first-order valence-corrected chi connectivity index (χ1v) is 7.71. The van der Waals surface area contributed by atoms with Gasteiger partial charge in [-0.2, -0.15) is 0 Å². The van der Waals surface area contributed by atoms with Crippen molar-refractivity contribution in [1.82, 2.24) is 10.3 Å². The minimum atomic E-state index is 0. The van der Waals surface area contributed by atoms with Crippen LogP contribution < -0.4 is 10.6 Å². The molecule has 0 atom stereocenters. The molecule has 3 rings (SSSR count). The molecule has 1 aromatic heterocycles. The van der Waals surface area contributed by atoms with E-state index in [1.165, 1.54) is 0 Å². The van der Waals surface area contributed by atoms with Crippen molar-refractivity contribution in [3.05, 3.63) is 47.5 Å². The molecule has 122 valence electrons. The Morgan fingerprint density at radius 2 is 1.74 bits per heavy atom. The van der Waals surface area contributed by atoms with Crippen molar-refractivity contribution >= 4 is 51.5 Å². The molecule has 0 aliphatic carbocycles. The van der Waals surface area contributed by atoms with E-state index in [-0.39, 0.29) is 19.0 Å². The maximum atomic E-state index is 8.79. The largest absolute Gasteiger partial charge is 0.395 e. The van der Waals surface area contributed by atoms with Gasteiger partial charge in [0.1, 0.15) is 0 Å². The summed E-state index contributed by atoms with van der Waals surface area (Å²) in [4.78, 5) is 4.68. The molecule has 23 heavy (non-hydrogen) atoms. The third kappa shape index (κ3) is 4.03. The second-order valence-electron chi connectivity index (χ2n) is 5.07. The van der Waals surface area contributed by atoms with E-state index in [0.29, 0.717) is 11.6 Å². The second kappa shape index (κ2) is 8.31. The molecular weight excluding hydrogens is 333 g/mol. The first kappa shape index (κ1) is 17.8. The summed E-state index contributed by atoms with van der Waals surface area (Å²) in [6.45, 7) is 2.31. The Labute approximate surface area is 146 Å². The molecule has 3 N–H and O–H groups in total. The topological polar surface area (TPSA) is 57.2 Å². The molecule has 2 aromatic carbocycles. The smallest absolute Gasteiger partial charge is 0.0745 e. The highest BCUT2D eigenvalue weighted by molar-refractivity contribution is 6.31. The van der Waals surface area contributed by atoms with Crippen LogP contribution in [0.15, 0.2) is 42.5 Å². The predicted octanol–water partition coefficient (Wildman–Crippen LogP) is 3.46. The molecule has 0 amide bonds. The highest BCUT2D eigenvalue weighted by atomic mass is 35.5. The zero-order chi connectivity index (χ0) is 15.4. The van der Waals surface area contributed by atoms with Crippen LogP contribution in [0.1, 0.15) is 0 Å². The number of hydrogen-bond donors (Lipinski definition) is 3. The van der Waals surface area contributed by atoms with Crippen LogP contribution in [-0.2, 0) is 0 Å². The number of fused-ring (bicyclic) bond motifs is 2. The number of para-hydroxylation sites is 1. The highest BCUT2D eigenvalue weighted by Crippen LogP contribution is 2.31. The number of anilines is 1. The van der Waals surface area contributed by atoms with E-state index in [1.807, 2.05) is 36.4 Å². The number of aliphatic hydroxyl groups is 1. The molecule has 0 aliphatic rings. The first-order valence-electron chi connectivity index (χ1n) is 7.33. The molecule has 0 aliphatic heterocycles. The predicted molar refractivity (Wildman–Crippen MR) is 100.0 cm³/mol. The molecule has 0 bridgehead atoms. The standard InChI is InChI=1S/C17H18ClN3O.ClH/c18-12-5-6-14-16(11-12)21-15-4-2-1-3-13(15)17(14)20-8-7-19-9-10-22;/h1-6,11,19,22H,7-10H2,(H,20,21);1H. The fraction of sp³-hybridized carbons (Fsp3) is 0.235. The Morgan fingerprint density at radius 3 is 2.57 bits per heavy atom. The SMILES string of the molecule is Cl.OCCNCCNc1c2ccccc2nc2cc(Cl)ccc12. The number of benzene rings is 2. The van der Waals surface area contributed by atoms with E-state index in [2.05, 4.69) is 21.7 Å². The zero-order valence-electron chi connectivity index (χ0n) is 12.6. The quantitative estimate of drug-likeness (QED) is 0.470. The van der Waals surface area contributed by atoms with Gasteiger partial charge in [-0.1, -0.05) is 29.8 Å². The van der Waals surface area contributed by atoms with Crippen LogP contribution in [0.25, 0.3) is 21.8 Å². The second-order valence-corrected chi connectivity index (χ2v) is 5.50. The normalized spacial score (nSPS) is 10.7. The number of pyridine rings is 1. The summed E-state index contributed by atoms with van der Waals surface area (Å²) < 4.78 is 0. The van der Waals surface area contributed by atoms with E-state index >= 15 is 0 Å². The Bertz CT molecular complexity index is 795. The van der Waals surface area contributed by atoms with Crippen molar-refractivity contribution < 1.29 is 5.11 Å². The number of rotatable bonds is 6. The molecule has 0 fully saturated rings. The number of aliphatic hydroxyl groups excluding tert-OH is 1. The minimum absolute atomic E-state index is 0. The van der Waals surface area contributed by atoms with Gasteiger partial charge in [-0.15, -0.1) is 12.4 Å². The van der Waals surface area contributed by atoms with Gasteiger partial charge in [0.2, 0.25) is 0 Å². The molecule has 0 unspecified atom stereocenters. The zero-order valence-corrected chi connectivity index (χ0v) is 14.1. The van der Waals surface area contributed by atoms with Crippen molar-refractivity contribution in [2.45, 2.75) is 0 Å². The van der Waals surface area contributed by atoms with Gasteiger partial charge in [0.05, 0.1) is 23.3 Å². The van der Waals surface area contributed by atoms with Crippen molar-refractivity contribution in [3.8, 4) is 0 Å². The van der Waals surface area contributed by atoms with Gasteiger partial charge in [0.25, 0.3) is 0 Å². The molecule has 0 radical (unpaired) electrons. The third-order valence-electron chi connectivity index (χ3n) is 3.54. The molecule has 6 heteroatoms. The minimum Gasteiger partial charge on any atom is -0.395 e. The fourth-order valence-electron chi connectivity index (χ4n) is 2.54. The van der Waals surface area contributed by atoms with Crippen LogP contribution in [0, 0.1) is 0 Å². The van der Waals surface area contributed by atoms with E-state index in [9.17, 15) is 0 Å². The van der Waals surface area contributed by atoms with Crippen LogP contribution in [0.3, 0.4) is 0 Å².